The zero-order chi connectivity index (χ0) is 31.1. The van der Waals surface area contributed by atoms with Crippen LogP contribution >= 0.6 is 31.9 Å². The molecule has 2 aliphatic rings. The third kappa shape index (κ3) is 5.55. The fourth-order valence-electron chi connectivity index (χ4n) is 5.71. The number of amides is 2. The first-order valence-corrected chi connectivity index (χ1v) is 15.6. The number of non-ortho nitro benzene ring substituents is 1. The van der Waals surface area contributed by atoms with Gasteiger partial charge in [0.2, 0.25) is 17.6 Å². The first kappa shape index (κ1) is 29.8. The van der Waals surface area contributed by atoms with E-state index in [0.717, 1.165) is 6.07 Å². The van der Waals surface area contributed by atoms with E-state index in [9.17, 15) is 29.3 Å². The summed E-state index contributed by atoms with van der Waals surface area (Å²) in [5.74, 6) is -2.47. The first-order chi connectivity index (χ1) is 21.1. The van der Waals surface area contributed by atoms with Crippen LogP contribution in [0.15, 0.2) is 78.9 Å². The summed E-state index contributed by atoms with van der Waals surface area (Å²) in [6, 6.07) is 20.6. The van der Waals surface area contributed by atoms with Crippen LogP contribution in [-0.2, 0) is 14.3 Å². The molecular weight excluding hydrogens is 698 g/mol. The number of pyridine rings is 1. The summed E-state index contributed by atoms with van der Waals surface area (Å²) in [5, 5.41) is 11.6. The molecule has 2 fully saturated rings. The Balaban J connectivity index is 1.24. The number of nitro groups is 1. The molecule has 6 rings (SSSR count). The predicted octanol–water partition coefficient (Wildman–Crippen LogP) is 6.28. The number of anilines is 1. The number of nitrogens with zero attached hydrogens (tertiary/aromatic N) is 3. The molecule has 0 spiro atoms. The van der Waals surface area contributed by atoms with Crippen LogP contribution in [0, 0.1) is 22.0 Å². The number of benzene rings is 3. The van der Waals surface area contributed by atoms with Crippen LogP contribution in [0.25, 0.3) is 22.2 Å². The number of hydrogen-bond donors (Lipinski definition) is 0. The number of imide groups is 1. The number of Topliss-reactive ketones (excluding diaryl/α,β-unsaturated/α-hetero) is 1. The Morgan fingerprint density at radius 3 is 2.23 bits per heavy atom. The van der Waals surface area contributed by atoms with Crippen molar-refractivity contribution in [1.82, 2.24) is 4.98 Å². The number of nitro benzene ring substituents is 1. The molecule has 1 aliphatic carbocycles. The van der Waals surface area contributed by atoms with E-state index in [1.807, 2.05) is 0 Å². The number of ether oxygens (including phenoxy) is 1. The van der Waals surface area contributed by atoms with Crippen molar-refractivity contribution < 1.29 is 28.8 Å². The van der Waals surface area contributed by atoms with E-state index in [-0.39, 0.29) is 50.1 Å². The lowest BCUT2D eigenvalue weighted by Crippen LogP contribution is -2.34. The van der Waals surface area contributed by atoms with E-state index in [4.69, 9.17) is 9.72 Å². The van der Waals surface area contributed by atoms with Gasteiger partial charge < -0.3 is 4.74 Å². The molecule has 1 aliphatic heterocycles. The lowest BCUT2D eigenvalue weighted by atomic mass is 9.81. The number of alkyl halides is 2. The number of ketones is 1. The number of esters is 1. The average Bonchev–Trinajstić information content (AvgIpc) is 3.27. The molecule has 44 heavy (non-hydrogen) atoms. The molecular formula is C32H23Br2N3O7. The number of hydrogen-bond acceptors (Lipinski definition) is 8. The van der Waals surface area contributed by atoms with Crippen LogP contribution in [0.3, 0.4) is 0 Å². The standard InChI is InChI=1S/C32H23Br2N3O7/c33-25-13-22-23(14-26(25)34)31(40)36(30(22)39)19-10-8-17(9-11-19)28-15-24(21-6-1-2-7-27(21)35-28)32(41)44-16-29(38)18-4-3-5-20(12-18)37(42)43/h1-12,15,22-23,25-26H,13-14,16H2. The molecule has 12 heteroatoms. The fraction of sp³-hybridized carbons (Fsp3) is 0.219. The molecule has 0 N–H and O–H groups in total. The number of halogens is 2. The SMILES string of the molecule is O=C(COC(=O)c1cc(-c2ccc(N3C(=O)C4CC(Br)C(Br)CC4C3=O)cc2)nc2ccccc12)c1cccc([N+](=O)[O-])c1. The summed E-state index contributed by atoms with van der Waals surface area (Å²) in [7, 11) is 0. The molecule has 4 unspecified atom stereocenters. The Morgan fingerprint density at radius 2 is 1.57 bits per heavy atom. The first-order valence-electron chi connectivity index (χ1n) is 13.7. The normalized spacial score (nSPS) is 21.3. The van der Waals surface area contributed by atoms with Crippen LogP contribution in [0.4, 0.5) is 11.4 Å². The summed E-state index contributed by atoms with van der Waals surface area (Å²) in [5.41, 5.74) is 2.08. The van der Waals surface area contributed by atoms with Gasteiger partial charge in [-0.1, -0.05) is 74.3 Å². The second-order valence-electron chi connectivity index (χ2n) is 10.7. The highest BCUT2D eigenvalue weighted by Gasteiger charge is 2.52. The molecule has 2 heterocycles. The van der Waals surface area contributed by atoms with Gasteiger partial charge in [-0.05, 0) is 37.1 Å². The minimum atomic E-state index is -0.758. The van der Waals surface area contributed by atoms with Crippen LogP contribution in [0.2, 0.25) is 0 Å². The maximum atomic E-state index is 13.2. The topological polar surface area (TPSA) is 137 Å². The smallest absolute Gasteiger partial charge is 0.339 e. The van der Waals surface area contributed by atoms with E-state index < -0.39 is 23.3 Å². The van der Waals surface area contributed by atoms with E-state index in [2.05, 4.69) is 31.9 Å². The molecule has 10 nitrogen and oxygen atoms in total. The maximum Gasteiger partial charge on any atom is 0.339 e. The highest BCUT2D eigenvalue weighted by Crippen LogP contribution is 2.44. The predicted molar refractivity (Wildman–Crippen MR) is 169 cm³/mol. The number of para-hydroxylation sites is 1. The van der Waals surface area contributed by atoms with Crippen molar-refractivity contribution in [2.45, 2.75) is 22.5 Å². The van der Waals surface area contributed by atoms with Crippen molar-refractivity contribution in [1.29, 1.82) is 0 Å². The Bertz CT molecular complexity index is 1820. The monoisotopic (exact) mass is 719 g/mol. The molecule has 1 saturated carbocycles. The summed E-state index contributed by atoms with van der Waals surface area (Å²) in [6.45, 7) is -0.605. The number of carbonyl (C=O) groups is 4. The van der Waals surface area contributed by atoms with E-state index in [1.165, 1.54) is 23.1 Å². The fourth-order valence-corrected chi connectivity index (χ4v) is 6.95. The molecule has 0 radical (unpaired) electrons. The highest BCUT2D eigenvalue weighted by atomic mass is 79.9. The van der Waals surface area contributed by atoms with Gasteiger partial charge in [0.25, 0.3) is 5.69 Å². The van der Waals surface area contributed by atoms with Crippen molar-refractivity contribution in [3.8, 4) is 11.3 Å². The molecule has 0 bridgehead atoms. The third-order valence-electron chi connectivity index (χ3n) is 7.98. The van der Waals surface area contributed by atoms with Gasteiger partial charge in [0, 0.05) is 38.3 Å². The molecule has 4 atom stereocenters. The van der Waals surface area contributed by atoms with E-state index >= 15 is 0 Å². The van der Waals surface area contributed by atoms with Crippen molar-refractivity contribution in [3.05, 3.63) is 100 Å². The van der Waals surface area contributed by atoms with Gasteiger partial charge in [-0.2, -0.15) is 0 Å². The van der Waals surface area contributed by atoms with Crippen molar-refractivity contribution in [2.24, 2.45) is 11.8 Å². The summed E-state index contributed by atoms with van der Waals surface area (Å²) >= 11 is 7.22. The molecule has 1 aromatic heterocycles. The van der Waals surface area contributed by atoms with Crippen molar-refractivity contribution in [3.63, 3.8) is 0 Å². The number of aromatic nitrogens is 1. The van der Waals surface area contributed by atoms with Gasteiger partial charge in [0.05, 0.1) is 39.2 Å². The van der Waals surface area contributed by atoms with Crippen LogP contribution in [0.5, 0.6) is 0 Å². The zero-order valence-electron chi connectivity index (χ0n) is 22.9. The lowest BCUT2D eigenvalue weighted by molar-refractivity contribution is -0.384. The van der Waals surface area contributed by atoms with Crippen molar-refractivity contribution in [2.75, 3.05) is 11.5 Å². The van der Waals surface area contributed by atoms with Crippen molar-refractivity contribution >= 4 is 77.7 Å². The quantitative estimate of drug-likeness (QED) is 0.0544. The molecule has 1 saturated heterocycles. The van der Waals surface area contributed by atoms with Gasteiger partial charge in [-0.25, -0.2) is 9.78 Å². The number of fused-ring (bicyclic) bond motifs is 2. The maximum absolute atomic E-state index is 13.2. The Labute approximate surface area is 267 Å². The minimum absolute atomic E-state index is 0.0561. The largest absolute Gasteiger partial charge is 0.454 e. The summed E-state index contributed by atoms with van der Waals surface area (Å²) < 4.78 is 5.34. The van der Waals surface area contributed by atoms with E-state index in [0.29, 0.717) is 40.7 Å². The number of carbonyl (C=O) groups excluding carboxylic acids is 4. The lowest BCUT2D eigenvalue weighted by Gasteiger charge is -2.29. The molecule has 3 aromatic carbocycles. The van der Waals surface area contributed by atoms with Gasteiger partial charge in [0.1, 0.15) is 0 Å². The Hall–Kier alpha value is -4.29. The second kappa shape index (κ2) is 12.0. The van der Waals surface area contributed by atoms with E-state index in [1.54, 1.807) is 54.6 Å². The molecule has 4 aromatic rings. The molecule has 2 amide bonds. The third-order valence-corrected chi connectivity index (χ3v) is 10.7. The van der Waals surface area contributed by atoms with Crippen LogP contribution in [0.1, 0.15) is 33.6 Å². The minimum Gasteiger partial charge on any atom is -0.454 e. The Morgan fingerprint density at radius 1 is 0.909 bits per heavy atom. The molecule has 222 valence electrons. The zero-order valence-corrected chi connectivity index (χ0v) is 26.1. The number of rotatable bonds is 7. The Kier molecular flexibility index (Phi) is 8.12. The highest BCUT2D eigenvalue weighted by molar-refractivity contribution is 9.12. The van der Waals surface area contributed by atoms with Gasteiger partial charge >= 0.3 is 5.97 Å². The summed E-state index contributed by atoms with van der Waals surface area (Å²) in [4.78, 5) is 68.9. The summed E-state index contributed by atoms with van der Waals surface area (Å²) in [6.07, 6.45) is 1.16. The second-order valence-corrected chi connectivity index (χ2v) is 13.0. The van der Waals surface area contributed by atoms with Crippen LogP contribution in [-0.4, -0.2) is 49.7 Å². The van der Waals surface area contributed by atoms with Gasteiger partial charge in [-0.15, -0.1) is 0 Å². The van der Waals surface area contributed by atoms with Gasteiger partial charge in [-0.3, -0.25) is 29.4 Å². The van der Waals surface area contributed by atoms with Crippen LogP contribution < -0.4 is 4.90 Å². The average molecular weight is 721 g/mol. The van der Waals surface area contributed by atoms with Gasteiger partial charge in [0.15, 0.2) is 6.61 Å².